The Labute approximate surface area is 213 Å². The van der Waals surface area contributed by atoms with Crippen molar-refractivity contribution in [2.24, 2.45) is 5.92 Å². The van der Waals surface area contributed by atoms with Crippen molar-refractivity contribution in [1.82, 2.24) is 15.3 Å². The summed E-state index contributed by atoms with van der Waals surface area (Å²) in [5.74, 6) is 1.14. The molecule has 0 spiro atoms. The Morgan fingerprint density at radius 1 is 1.14 bits per heavy atom. The maximum Gasteiger partial charge on any atom is 0.254 e. The van der Waals surface area contributed by atoms with Gasteiger partial charge in [-0.05, 0) is 73.8 Å². The van der Waals surface area contributed by atoms with Crippen LogP contribution in [0.3, 0.4) is 0 Å². The Kier molecular flexibility index (Phi) is 8.40. The molecular formula is C29H35ClN4O. The quantitative estimate of drug-likeness (QED) is 0.380. The molecule has 6 heteroatoms. The SMILES string of the molecule is Cc1ccccc1CCc1nc(N2CCC[C@H]2c2ccc(Cl)cc2)ncc1C(=O)NCCC(C)C. The standard InChI is InChI=1S/C29H35ClN4O/c1-20(2)16-17-31-28(35)25-19-32-29(33-26(25)15-12-22-8-5-4-7-21(22)3)34-18-6-9-27(34)23-10-13-24(30)14-11-23/h4-5,7-8,10-11,13-14,19-20,27H,6,9,12,15-18H2,1-3H3,(H,31,35)/t27-/m0/s1. The number of aromatic nitrogens is 2. The van der Waals surface area contributed by atoms with Gasteiger partial charge >= 0.3 is 0 Å². The van der Waals surface area contributed by atoms with Crippen molar-refractivity contribution in [2.75, 3.05) is 18.0 Å². The molecule has 1 N–H and O–H groups in total. The van der Waals surface area contributed by atoms with Crippen molar-refractivity contribution in [1.29, 1.82) is 0 Å². The predicted octanol–water partition coefficient (Wildman–Crippen LogP) is 6.34. The van der Waals surface area contributed by atoms with E-state index in [-0.39, 0.29) is 11.9 Å². The van der Waals surface area contributed by atoms with Crippen molar-refractivity contribution in [3.8, 4) is 0 Å². The lowest BCUT2D eigenvalue weighted by atomic mass is 10.0. The van der Waals surface area contributed by atoms with Crippen molar-refractivity contribution < 1.29 is 4.79 Å². The van der Waals surface area contributed by atoms with E-state index in [0.29, 0.717) is 30.4 Å². The lowest BCUT2D eigenvalue weighted by Gasteiger charge is -2.26. The van der Waals surface area contributed by atoms with Crippen LogP contribution in [-0.4, -0.2) is 29.0 Å². The predicted molar refractivity (Wildman–Crippen MR) is 143 cm³/mol. The Balaban J connectivity index is 1.60. The summed E-state index contributed by atoms with van der Waals surface area (Å²) in [6.07, 6.45) is 6.30. The van der Waals surface area contributed by atoms with Crippen LogP contribution < -0.4 is 10.2 Å². The van der Waals surface area contributed by atoms with Crippen LogP contribution in [0.4, 0.5) is 5.95 Å². The molecule has 1 fully saturated rings. The van der Waals surface area contributed by atoms with Gasteiger partial charge in [0.15, 0.2) is 0 Å². The van der Waals surface area contributed by atoms with Gasteiger partial charge in [-0.3, -0.25) is 4.79 Å². The molecule has 3 aromatic rings. The molecule has 1 amide bonds. The van der Waals surface area contributed by atoms with Crippen LogP contribution in [0, 0.1) is 12.8 Å². The highest BCUT2D eigenvalue weighted by Gasteiger charge is 2.29. The Morgan fingerprint density at radius 2 is 1.91 bits per heavy atom. The zero-order valence-corrected chi connectivity index (χ0v) is 21.7. The van der Waals surface area contributed by atoms with Crippen LogP contribution in [0.2, 0.25) is 5.02 Å². The van der Waals surface area contributed by atoms with Gasteiger partial charge in [0.25, 0.3) is 5.91 Å². The molecular weight excluding hydrogens is 456 g/mol. The number of rotatable bonds is 9. The van der Waals surface area contributed by atoms with E-state index >= 15 is 0 Å². The van der Waals surface area contributed by atoms with E-state index in [1.165, 1.54) is 16.7 Å². The van der Waals surface area contributed by atoms with Crippen molar-refractivity contribution in [3.05, 3.63) is 87.7 Å². The van der Waals surface area contributed by atoms with Crippen molar-refractivity contribution in [2.45, 2.75) is 58.9 Å². The molecule has 1 atom stereocenters. The van der Waals surface area contributed by atoms with Gasteiger partial charge in [0.1, 0.15) is 0 Å². The fraction of sp³-hybridized carbons (Fsp3) is 0.414. The van der Waals surface area contributed by atoms with Crippen molar-refractivity contribution >= 4 is 23.5 Å². The average molecular weight is 491 g/mol. The van der Waals surface area contributed by atoms with E-state index in [0.717, 1.165) is 42.9 Å². The number of anilines is 1. The molecule has 184 valence electrons. The van der Waals surface area contributed by atoms with Gasteiger partial charge < -0.3 is 10.2 Å². The number of benzene rings is 2. The molecule has 0 aliphatic carbocycles. The van der Waals surface area contributed by atoms with E-state index in [2.05, 4.69) is 72.4 Å². The van der Waals surface area contributed by atoms with Crippen LogP contribution in [-0.2, 0) is 12.8 Å². The molecule has 1 aliphatic rings. The minimum atomic E-state index is -0.0901. The first-order chi connectivity index (χ1) is 16.9. The van der Waals surface area contributed by atoms with Crippen LogP contribution in [0.5, 0.6) is 0 Å². The van der Waals surface area contributed by atoms with Crippen LogP contribution >= 0.6 is 11.6 Å². The summed E-state index contributed by atoms with van der Waals surface area (Å²) in [5, 5.41) is 3.80. The number of halogens is 1. The van der Waals surface area contributed by atoms with Crippen LogP contribution in [0.1, 0.15) is 71.9 Å². The van der Waals surface area contributed by atoms with Gasteiger partial charge in [-0.15, -0.1) is 0 Å². The molecule has 35 heavy (non-hydrogen) atoms. The van der Waals surface area contributed by atoms with Gasteiger partial charge in [0.2, 0.25) is 5.95 Å². The lowest BCUT2D eigenvalue weighted by molar-refractivity contribution is 0.0950. The Hall–Kier alpha value is -2.92. The number of amides is 1. The first kappa shape index (κ1) is 25.2. The maximum atomic E-state index is 13.1. The summed E-state index contributed by atoms with van der Waals surface area (Å²) in [6.45, 7) is 7.99. The topological polar surface area (TPSA) is 58.1 Å². The molecule has 4 rings (SSSR count). The number of hydrogen-bond acceptors (Lipinski definition) is 4. The van der Waals surface area contributed by atoms with Gasteiger partial charge in [-0.2, -0.15) is 0 Å². The molecule has 1 aliphatic heterocycles. The van der Waals surface area contributed by atoms with E-state index in [9.17, 15) is 4.79 Å². The fourth-order valence-corrected chi connectivity index (χ4v) is 4.80. The summed E-state index contributed by atoms with van der Waals surface area (Å²) in [4.78, 5) is 25.0. The van der Waals surface area contributed by atoms with Gasteiger partial charge in [-0.1, -0.05) is 61.8 Å². The van der Waals surface area contributed by atoms with Crippen molar-refractivity contribution in [3.63, 3.8) is 0 Å². The smallest absolute Gasteiger partial charge is 0.254 e. The monoisotopic (exact) mass is 490 g/mol. The first-order valence-corrected chi connectivity index (χ1v) is 13.0. The maximum absolute atomic E-state index is 13.1. The molecule has 0 unspecified atom stereocenters. The summed E-state index contributed by atoms with van der Waals surface area (Å²) in [7, 11) is 0. The number of carbonyl (C=O) groups excluding carboxylic acids is 1. The van der Waals surface area contributed by atoms with E-state index in [4.69, 9.17) is 16.6 Å². The summed E-state index contributed by atoms with van der Waals surface area (Å²) in [5.41, 5.74) is 5.13. The number of hydrogen-bond donors (Lipinski definition) is 1. The normalized spacial score (nSPS) is 15.6. The second-order valence-electron chi connectivity index (χ2n) is 9.80. The highest BCUT2D eigenvalue weighted by atomic mass is 35.5. The highest BCUT2D eigenvalue weighted by Crippen LogP contribution is 2.35. The molecule has 0 saturated carbocycles. The third-order valence-corrected chi connectivity index (χ3v) is 7.02. The number of aryl methyl sites for hydroxylation is 3. The number of carbonyl (C=O) groups is 1. The van der Waals surface area contributed by atoms with E-state index < -0.39 is 0 Å². The highest BCUT2D eigenvalue weighted by molar-refractivity contribution is 6.30. The minimum absolute atomic E-state index is 0.0901. The Morgan fingerprint density at radius 3 is 2.66 bits per heavy atom. The molecule has 0 radical (unpaired) electrons. The molecule has 2 heterocycles. The Bertz CT molecular complexity index is 1150. The third kappa shape index (κ3) is 6.40. The molecule has 5 nitrogen and oxygen atoms in total. The third-order valence-electron chi connectivity index (χ3n) is 6.76. The van der Waals surface area contributed by atoms with Gasteiger partial charge in [0, 0.05) is 24.3 Å². The zero-order valence-electron chi connectivity index (χ0n) is 20.9. The molecule has 0 bridgehead atoms. The first-order valence-electron chi connectivity index (χ1n) is 12.6. The lowest BCUT2D eigenvalue weighted by Crippen LogP contribution is -2.29. The second kappa shape index (κ2) is 11.7. The zero-order chi connectivity index (χ0) is 24.8. The van der Waals surface area contributed by atoms with Crippen LogP contribution in [0.25, 0.3) is 0 Å². The summed E-state index contributed by atoms with van der Waals surface area (Å²) in [6, 6.07) is 16.6. The van der Waals surface area contributed by atoms with Gasteiger partial charge in [0.05, 0.1) is 17.3 Å². The second-order valence-corrected chi connectivity index (χ2v) is 10.2. The largest absolute Gasteiger partial charge is 0.352 e. The van der Waals surface area contributed by atoms with Crippen LogP contribution in [0.15, 0.2) is 54.7 Å². The number of nitrogens with one attached hydrogen (secondary N) is 1. The average Bonchev–Trinajstić information content (AvgIpc) is 3.33. The minimum Gasteiger partial charge on any atom is -0.352 e. The fourth-order valence-electron chi connectivity index (χ4n) is 4.68. The molecule has 1 saturated heterocycles. The van der Waals surface area contributed by atoms with Gasteiger partial charge in [-0.25, -0.2) is 9.97 Å². The van der Waals surface area contributed by atoms with E-state index in [1.54, 1.807) is 6.20 Å². The number of nitrogens with zero attached hydrogens (tertiary/aromatic N) is 3. The summed E-state index contributed by atoms with van der Waals surface area (Å²) >= 11 is 6.11. The van der Waals surface area contributed by atoms with E-state index in [1.807, 2.05) is 12.1 Å². The molecule has 2 aromatic carbocycles. The molecule has 1 aromatic heterocycles. The summed E-state index contributed by atoms with van der Waals surface area (Å²) < 4.78 is 0.